The third-order valence-corrected chi connectivity index (χ3v) is 12.3. The molecular weight excluding hydrogens is 936 g/mol. The highest BCUT2D eigenvalue weighted by molar-refractivity contribution is 14.1. The largest absolute Gasteiger partial charge is 0.494 e. The number of carbonyl (C=O) groups excluding carboxylic acids is 1. The normalized spacial score (nSPS) is 21.5. The third kappa shape index (κ3) is 13.1. The molecule has 0 unspecified atom stereocenters. The van der Waals surface area contributed by atoms with E-state index in [9.17, 15) is 28.2 Å². The zero-order valence-electron chi connectivity index (χ0n) is 34.8. The van der Waals surface area contributed by atoms with Crippen LogP contribution in [0.3, 0.4) is 0 Å². The summed E-state index contributed by atoms with van der Waals surface area (Å²) in [5, 5.41) is 35.8. The summed E-state index contributed by atoms with van der Waals surface area (Å²) in [5.74, 6) is 3.05. The quantitative estimate of drug-likeness (QED) is 0.0757. The molecule has 0 bridgehead atoms. The van der Waals surface area contributed by atoms with Crippen molar-refractivity contribution in [1.29, 1.82) is 0 Å². The molecule has 0 aliphatic carbocycles. The Hall–Kier alpha value is -4.45. The molecule has 20 heteroatoms. The lowest BCUT2D eigenvalue weighted by Gasteiger charge is -2.42. The van der Waals surface area contributed by atoms with E-state index in [0.29, 0.717) is 56.3 Å². The van der Waals surface area contributed by atoms with Crippen LogP contribution >= 0.6 is 22.6 Å². The van der Waals surface area contributed by atoms with E-state index in [1.807, 2.05) is 42.5 Å². The monoisotopic (exact) mass is 990 g/mol. The van der Waals surface area contributed by atoms with Crippen molar-refractivity contribution < 1.29 is 42.4 Å². The maximum Gasteiger partial charge on any atom is 0.434 e. The van der Waals surface area contributed by atoms with Crippen LogP contribution in [0.2, 0.25) is 0 Å². The van der Waals surface area contributed by atoms with Gasteiger partial charge in [0, 0.05) is 58.9 Å². The number of hydrogen-bond donors (Lipinski definition) is 5. The highest BCUT2D eigenvalue weighted by Gasteiger charge is 2.40. The number of aromatic nitrogens is 4. The predicted molar refractivity (Wildman–Crippen MR) is 237 cm³/mol. The number of ether oxygens (including phenoxy) is 3. The van der Waals surface area contributed by atoms with E-state index in [4.69, 9.17) is 19.9 Å². The lowest BCUT2D eigenvalue weighted by molar-refractivity contribution is -0.148. The summed E-state index contributed by atoms with van der Waals surface area (Å²) in [7, 11) is 0. The van der Waals surface area contributed by atoms with Gasteiger partial charge in [-0.2, -0.15) is 13.2 Å². The molecule has 6 N–H and O–H groups in total. The third-order valence-electron chi connectivity index (χ3n) is 11.5. The summed E-state index contributed by atoms with van der Waals surface area (Å²) in [4.78, 5) is 26.7. The van der Waals surface area contributed by atoms with E-state index in [0.717, 1.165) is 86.4 Å². The maximum absolute atomic E-state index is 13.0. The maximum atomic E-state index is 13.0. The minimum Gasteiger partial charge on any atom is -0.494 e. The fourth-order valence-electron chi connectivity index (χ4n) is 7.90. The van der Waals surface area contributed by atoms with Crippen molar-refractivity contribution in [2.45, 2.75) is 56.2 Å². The van der Waals surface area contributed by atoms with Gasteiger partial charge < -0.3 is 50.6 Å². The average molecular weight is 991 g/mol. The van der Waals surface area contributed by atoms with Crippen molar-refractivity contribution in [3.8, 4) is 17.2 Å². The van der Waals surface area contributed by atoms with Crippen molar-refractivity contribution in [3.63, 3.8) is 0 Å². The second-order valence-electron chi connectivity index (χ2n) is 16.0. The van der Waals surface area contributed by atoms with Gasteiger partial charge in [0.2, 0.25) is 0 Å². The number of piperidine rings is 1. The Morgan fingerprint density at radius 1 is 0.921 bits per heavy atom. The summed E-state index contributed by atoms with van der Waals surface area (Å²) in [5.41, 5.74) is 5.95. The van der Waals surface area contributed by atoms with Gasteiger partial charge in [-0.1, -0.05) is 6.07 Å². The average Bonchev–Trinajstić information content (AvgIpc) is 3.28. The number of halogens is 4. The molecule has 4 aromatic rings. The lowest BCUT2D eigenvalue weighted by Crippen LogP contribution is -2.59. The number of alkyl halides is 3. The van der Waals surface area contributed by atoms with Gasteiger partial charge in [0.05, 0.1) is 41.3 Å². The zero-order chi connectivity index (χ0) is 44.3. The molecule has 3 aliphatic rings. The molecule has 0 radical (unpaired) electrons. The summed E-state index contributed by atoms with van der Waals surface area (Å²) in [6.07, 6.45) is -2.57. The predicted octanol–water partition coefficient (Wildman–Crippen LogP) is 3.82. The second kappa shape index (κ2) is 22.0. The molecule has 0 spiro atoms. The van der Waals surface area contributed by atoms with E-state index in [1.54, 1.807) is 6.07 Å². The smallest absolute Gasteiger partial charge is 0.434 e. The van der Waals surface area contributed by atoms with Crippen molar-refractivity contribution in [2.75, 3.05) is 88.9 Å². The Morgan fingerprint density at radius 2 is 1.65 bits per heavy atom. The number of aliphatic hydroxyl groups is 2. The Kier molecular flexibility index (Phi) is 16.2. The molecule has 3 fully saturated rings. The van der Waals surface area contributed by atoms with Gasteiger partial charge in [-0.15, -0.1) is 10.2 Å². The first-order valence-electron chi connectivity index (χ1n) is 21.3. The first kappa shape index (κ1) is 46.5. The van der Waals surface area contributed by atoms with E-state index < -0.39 is 36.2 Å². The number of nitrogens with one attached hydrogen (secondary N) is 2. The summed E-state index contributed by atoms with van der Waals surface area (Å²) in [6, 6.07) is 16.2. The van der Waals surface area contributed by atoms with E-state index >= 15 is 0 Å². The minimum atomic E-state index is -4.65. The molecule has 5 heterocycles. The molecule has 7 rings (SSSR count). The van der Waals surface area contributed by atoms with Gasteiger partial charge in [0.15, 0.2) is 17.2 Å². The number of amides is 1. The molecule has 16 nitrogen and oxygen atoms in total. The van der Waals surface area contributed by atoms with Crippen LogP contribution in [0.4, 0.5) is 24.8 Å². The Bertz CT molecular complexity index is 2080. The van der Waals surface area contributed by atoms with Gasteiger partial charge in [-0.25, -0.2) is 4.98 Å². The lowest BCUT2D eigenvalue weighted by atomic mass is 9.95. The van der Waals surface area contributed by atoms with Crippen molar-refractivity contribution in [3.05, 3.63) is 87.5 Å². The summed E-state index contributed by atoms with van der Waals surface area (Å²) >= 11 is 2.26. The number of nitrogens with zero attached hydrogens (tertiary/aromatic N) is 7. The summed E-state index contributed by atoms with van der Waals surface area (Å²) < 4.78 is 57.9. The van der Waals surface area contributed by atoms with Gasteiger partial charge in [-0.05, 0) is 115 Å². The molecule has 2 aromatic heterocycles. The van der Waals surface area contributed by atoms with Crippen LogP contribution in [0, 0.1) is 9.49 Å². The van der Waals surface area contributed by atoms with Crippen molar-refractivity contribution in [2.24, 2.45) is 11.7 Å². The minimum absolute atomic E-state index is 0.0103. The van der Waals surface area contributed by atoms with Crippen LogP contribution in [0.1, 0.15) is 41.0 Å². The first-order chi connectivity index (χ1) is 30.4. The second-order valence-corrected chi connectivity index (χ2v) is 17.2. The van der Waals surface area contributed by atoms with Crippen LogP contribution in [-0.2, 0) is 17.3 Å². The highest BCUT2D eigenvalue weighted by atomic mass is 127. The SMILES string of the molecule is NCCc1ccc(Oc2ccc(OCCCNC(=O)c3ccc(N4CCC(CN5CCN(C[C@H]6OC[C@H](Nc7cncc(C(F)(F)F)n7)[C@@H](O)[C@H]6O)CC5)CC4)nn3)cc2)c(I)c1. The number of carbonyl (C=O) groups is 1. The van der Waals surface area contributed by atoms with Crippen molar-refractivity contribution in [1.82, 2.24) is 35.3 Å². The van der Waals surface area contributed by atoms with Crippen LogP contribution in [0.15, 0.2) is 67.0 Å². The summed E-state index contributed by atoms with van der Waals surface area (Å²) in [6.45, 7) is 7.85. The fraction of sp³-hybridized carbons (Fsp3) is 0.512. The first-order valence-corrected chi connectivity index (χ1v) is 22.3. The fourth-order valence-corrected chi connectivity index (χ4v) is 8.59. The van der Waals surface area contributed by atoms with Gasteiger partial charge in [0.1, 0.15) is 35.3 Å². The Balaban J connectivity index is 0.747. The zero-order valence-corrected chi connectivity index (χ0v) is 37.0. The van der Waals surface area contributed by atoms with E-state index in [2.05, 4.69) is 74.2 Å². The molecule has 0 saturated carbocycles. The topological polar surface area (TPSA) is 197 Å². The number of rotatable bonds is 17. The molecule has 3 saturated heterocycles. The van der Waals surface area contributed by atoms with Crippen LogP contribution < -0.4 is 30.7 Å². The van der Waals surface area contributed by atoms with Gasteiger partial charge in [-0.3, -0.25) is 14.7 Å². The van der Waals surface area contributed by atoms with E-state index in [1.165, 1.54) is 5.56 Å². The molecule has 2 aromatic carbocycles. The van der Waals surface area contributed by atoms with Gasteiger partial charge >= 0.3 is 6.18 Å². The van der Waals surface area contributed by atoms with Crippen LogP contribution in [-0.4, -0.2) is 149 Å². The Morgan fingerprint density at radius 3 is 2.33 bits per heavy atom. The number of piperazine rings is 1. The molecule has 1 amide bonds. The number of anilines is 2. The molecule has 3 aliphatic heterocycles. The van der Waals surface area contributed by atoms with Crippen molar-refractivity contribution >= 4 is 40.1 Å². The number of hydrogen-bond acceptors (Lipinski definition) is 15. The number of aliphatic hydroxyl groups excluding tert-OH is 2. The molecule has 63 heavy (non-hydrogen) atoms. The number of benzene rings is 2. The molecule has 340 valence electrons. The van der Waals surface area contributed by atoms with Crippen LogP contribution in [0.5, 0.6) is 17.2 Å². The van der Waals surface area contributed by atoms with E-state index in [-0.39, 0.29) is 24.0 Å². The number of nitrogens with two attached hydrogens (primary N) is 1. The molecular formula is C43H54F3IN10O6. The molecule has 4 atom stereocenters. The standard InChI is InChI=1S/C43H54F3IN10O6/c44-43(45,46)37-23-49-24-38(52-37)51-34-27-62-36(41(59)40(34)58)26-56-19-17-55(18-20-56)25-29-11-15-57(16-12-29)39-9-7-33(53-54-39)42(60)50-14-1-21-61-30-3-5-31(6-4-30)63-35-8-2-28(10-13-48)22-32(35)47/h2-9,22-24,29,34,36,40-41,58-59H,1,10-21,25-27,48H2,(H,50,60)(H,51,52)/t34-,36+,40+,41-/m0/s1. The highest BCUT2D eigenvalue weighted by Crippen LogP contribution is 2.30. The van der Waals surface area contributed by atoms with Crippen LogP contribution in [0.25, 0.3) is 0 Å². The van der Waals surface area contributed by atoms with Gasteiger partial charge in [0.25, 0.3) is 5.91 Å². The Labute approximate surface area is 377 Å².